The van der Waals surface area contributed by atoms with Gasteiger partial charge in [-0.3, -0.25) is 4.79 Å². The number of amides is 1. The monoisotopic (exact) mass is 301 g/mol. The van der Waals surface area contributed by atoms with Gasteiger partial charge in [-0.2, -0.15) is 0 Å². The number of hydrogen-bond donors (Lipinski definition) is 1. The molecule has 1 aromatic carbocycles. The molecule has 1 amide bonds. The number of carbonyl (C=O) groups excluding carboxylic acids is 1. The topological polar surface area (TPSA) is 49.8 Å². The molecule has 1 aromatic rings. The zero-order valence-corrected chi connectivity index (χ0v) is 12.9. The van der Waals surface area contributed by atoms with E-state index in [0.29, 0.717) is 32.7 Å². The van der Waals surface area contributed by atoms with E-state index in [9.17, 15) is 9.90 Å². The van der Waals surface area contributed by atoms with Gasteiger partial charge in [0.05, 0.1) is 19.3 Å². The van der Waals surface area contributed by atoms with Crippen LogP contribution in [0.3, 0.4) is 0 Å². The number of carbonyl (C=O) groups is 1. The predicted molar refractivity (Wildman–Crippen MR) is 87.3 cm³/mol. The average molecular weight is 301 g/mol. The third-order valence-corrected chi connectivity index (χ3v) is 3.53. The van der Waals surface area contributed by atoms with Crippen molar-refractivity contribution in [2.24, 2.45) is 0 Å². The van der Waals surface area contributed by atoms with Crippen molar-refractivity contribution in [3.05, 3.63) is 53.6 Å². The lowest BCUT2D eigenvalue weighted by molar-refractivity contribution is -0.130. The highest BCUT2D eigenvalue weighted by atomic mass is 16.5. The first-order valence-corrected chi connectivity index (χ1v) is 7.60. The minimum absolute atomic E-state index is 0.0000361. The molecule has 4 heteroatoms. The van der Waals surface area contributed by atoms with Crippen LogP contribution in [0.15, 0.2) is 48.1 Å². The van der Waals surface area contributed by atoms with Gasteiger partial charge < -0.3 is 14.7 Å². The Morgan fingerprint density at radius 2 is 2.00 bits per heavy atom. The standard InChI is InChI=1S/C18H23NO3/c1-15(14-18(21)19-9-11-22-12-10-19)13-17(20)8-7-16-5-3-2-4-6-16/h2-8,14,17,20H,9-13H2,1H3/b8-7+,15-14-/t17-/m0/s1. The quantitative estimate of drug-likeness (QED) is 0.849. The maximum absolute atomic E-state index is 12.1. The van der Waals surface area contributed by atoms with E-state index in [1.165, 1.54) is 0 Å². The van der Waals surface area contributed by atoms with Crippen molar-refractivity contribution >= 4 is 12.0 Å². The molecule has 0 aromatic heterocycles. The normalized spacial score (nSPS) is 17.7. The van der Waals surface area contributed by atoms with Crippen molar-refractivity contribution in [3.8, 4) is 0 Å². The smallest absolute Gasteiger partial charge is 0.246 e. The second-order valence-electron chi connectivity index (χ2n) is 5.47. The summed E-state index contributed by atoms with van der Waals surface area (Å²) in [6.07, 6.45) is 5.13. The van der Waals surface area contributed by atoms with Gasteiger partial charge in [0.1, 0.15) is 0 Å². The average Bonchev–Trinajstić information content (AvgIpc) is 2.54. The van der Waals surface area contributed by atoms with Crippen molar-refractivity contribution in [3.63, 3.8) is 0 Å². The van der Waals surface area contributed by atoms with Gasteiger partial charge in [0, 0.05) is 19.2 Å². The molecule has 1 N–H and O–H groups in total. The lowest BCUT2D eigenvalue weighted by Crippen LogP contribution is -2.39. The van der Waals surface area contributed by atoms with E-state index in [4.69, 9.17) is 4.74 Å². The number of rotatable bonds is 5. The largest absolute Gasteiger partial charge is 0.389 e. The van der Waals surface area contributed by atoms with Crippen LogP contribution in [0.2, 0.25) is 0 Å². The van der Waals surface area contributed by atoms with E-state index in [1.807, 2.05) is 43.3 Å². The van der Waals surface area contributed by atoms with Gasteiger partial charge in [-0.1, -0.05) is 48.1 Å². The van der Waals surface area contributed by atoms with Crippen molar-refractivity contribution in [1.82, 2.24) is 4.90 Å². The highest BCUT2D eigenvalue weighted by molar-refractivity contribution is 5.88. The molecule has 1 aliphatic heterocycles. The SMILES string of the molecule is C/C(=C/C(=O)N1CCOCC1)C[C@@H](O)/C=C/c1ccccc1. The first-order valence-electron chi connectivity index (χ1n) is 7.60. The summed E-state index contributed by atoms with van der Waals surface area (Å²) in [4.78, 5) is 13.8. The number of hydrogen-bond acceptors (Lipinski definition) is 3. The molecule has 0 radical (unpaired) electrons. The summed E-state index contributed by atoms with van der Waals surface area (Å²) in [5.41, 5.74) is 1.93. The van der Waals surface area contributed by atoms with Gasteiger partial charge in [-0.25, -0.2) is 0 Å². The third-order valence-electron chi connectivity index (χ3n) is 3.53. The molecule has 2 rings (SSSR count). The second-order valence-corrected chi connectivity index (χ2v) is 5.47. The first kappa shape index (κ1) is 16.5. The van der Waals surface area contributed by atoms with Crippen molar-refractivity contribution < 1.29 is 14.6 Å². The van der Waals surface area contributed by atoms with Crippen molar-refractivity contribution in [2.75, 3.05) is 26.3 Å². The van der Waals surface area contributed by atoms with Crippen LogP contribution in [0.25, 0.3) is 6.08 Å². The van der Waals surface area contributed by atoms with Crippen molar-refractivity contribution in [1.29, 1.82) is 0 Å². The predicted octanol–water partition coefficient (Wildman–Crippen LogP) is 2.26. The summed E-state index contributed by atoms with van der Waals surface area (Å²) in [7, 11) is 0. The zero-order chi connectivity index (χ0) is 15.8. The molecule has 0 saturated carbocycles. The summed E-state index contributed by atoms with van der Waals surface area (Å²) >= 11 is 0. The number of benzene rings is 1. The van der Waals surface area contributed by atoms with E-state index in [-0.39, 0.29) is 5.91 Å². The number of nitrogens with zero attached hydrogens (tertiary/aromatic N) is 1. The molecule has 1 fully saturated rings. The molecule has 1 atom stereocenters. The van der Waals surface area contributed by atoms with Crippen LogP contribution >= 0.6 is 0 Å². The van der Waals surface area contributed by atoms with Crippen LogP contribution in [0, 0.1) is 0 Å². The van der Waals surface area contributed by atoms with Gasteiger partial charge >= 0.3 is 0 Å². The molecule has 0 spiro atoms. The second kappa shape index (κ2) is 8.51. The molecule has 1 saturated heterocycles. The fraction of sp³-hybridized carbons (Fsp3) is 0.389. The fourth-order valence-corrected chi connectivity index (χ4v) is 2.33. The van der Waals surface area contributed by atoms with Gasteiger partial charge in [0.15, 0.2) is 0 Å². The number of morpholine rings is 1. The van der Waals surface area contributed by atoms with E-state index in [2.05, 4.69) is 0 Å². The molecular weight excluding hydrogens is 278 g/mol. The molecule has 0 aliphatic carbocycles. The Labute approximate surface area is 131 Å². The molecule has 22 heavy (non-hydrogen) atoms. The Hall–Kier alpha value is -1.91. The Kier molecular flexibility index (Phi) is 6.37. The number of aliphatic hydroxyl groups is 1. The summed E-state index contributed by atoms with van der Waals surface area (Å²) in [5.74, 6) is 0.0000361. The van der Waals surface area contributed by atoms with Crippen molar-refractivity contribution in [2.45, 2.75) is 19.4 Å². The molecule has 4 nitrogen and oxygen atoms in total. The maximum atomic E-state index is 12.1. The Morgan fingerprint density at radius 3 is 2.68 bits per heavy atom. The van der Waals surface area contributed by atoms with Crippen LogP contribution in [0.1, 0.15) is 18.9 Å². The van der Waals surface area contributed by atoms with Gasteiger partial charge in [0.25, 0.3) is 0 Å². The minimum atomic E-state index is -0.589. The minimum Gasteiger partial charge on any atom is -0.389 e. The zero-order valence-electron chi connectivity index (χ0n) is 12.9. The summed E-state index contributed by atoms with van der Waals surface area (Å²) < 4.78 is 5.23. The first-order chi connectivity index (χ1) is 10.6. The van der Waals surface area contributed by atoms with Crippen LogP contribution < -0.4 is 0 Å². The molecule has 118 valence electrons. The van der Waals surface area contributed by atoms with E-state index in [1.54, 1.807) is 17.1 Å². The van der Waals surface area contributed by atoms with Crippen LogP contribution in [0.4, 0.5) is 0 Å². The van der Waals surface area contributed by atoms with E-state index >= 15 is 0 Å². The van der Waals surface area contributed by atoms with Gasteiger partial charge in [0.2, 0.25) is 5.91 Å². The van der Waals surface area contributed by atoms with Crippen LogP contribution in [0.5, 0.6) is 0 Å². The highest BCUT2D eigenvalue weighted by Crippen LogP contribution is 2.10. The molecular formula is C18H23NO3. The Balaban J connectivity index is 1.84. The molecule has 1 aliphatic rings. The molecule has 0 unspecified atom stereocenters. The fourth-order valence-electron chi connectivity index (χ4n) is 2.33. The van der Waals surface area contributed by atoms with Gasteiger partial charge in [-0.05, 0) is 18.9 Å². The van der Waals surface area contributed by atoms with Crippen LogP contribution in [-0.4, -0.2) is 48.3 Å². The highest BCUT2D eigenvalue weighted by Gasteiger charge is 2.15. The van der Waals surface area contributed by atoms with Gasteiger partial charge in [-0.15, -0.1) is 0 Å². The van der Waals surface area contributed by atoms with E-state index in [0.717, 1.165) is 11.1 Å². The van der Waals surface area contributed by atoms with E-state index < -0.39 is 6.10 Å². The Bertz CT molecular complexity index is 531. The summed E-state index contributed by atoms with van der Waals surface area (Å²) in [6.45, 7) is 4.35. The Morgan fingerprint density at radius 1 is 1.32 bits per heavy atom. The summed E-state index contributed by atoms with van der Waals surface area (Å²) in [6, 6.07) is 9.83. The number of aliphatic hydroxyl groups excluding tert-OH is 1. The van der Waals surface area contributed by atoms with Crippen LogP contribution in [-0.2, 0) is 9.53 Å². The molecule has 1 heterocycles. The third kappa shape index (κ3) is 5.47. The molecule has 0 bridgehead atoms. The lowest BCUT2D eigenvalue weighted by Gasteiger charge is -2.25. The number of ether oxygens (including phenoxy) is 1. The summed E-state index contributed by atoms with van der Waals surface area (Å²) in [5, 5.41) is 10.0. The maximum Gasteiger partial charge on any atom is 0.246 e. The lowest BCUT2D eigenvalue weighted by atomic mass is 10.1.